The van der Waals surface area contributed by atoms with Crippen LogP contribution in [-0.2, 0) is 4.79 Å². The van der Waals surface area contributed by atoms with Gasteiger partial charge < -0.3 is 5.32 Å². The molecular weight excluding hydrogens is 272 g/mol. The zero-order chi connectivity index (χ0) is 15.9. The van der Waals surface area contributed by atoms with Crippen LogP contribution < -0.4 is 5.32 Å². The smallest absolute Gasteiger partial charge is 0.241 e. The first kappa shape index (κ1) is 16.2. The van der Waals surface area contributed by atoms with Crippen LogP contribution in [-0.4, -0.2) is 31.4 Å². The number of nitrogens with zero attached hydrogens (tertiary/aromatic N) is 1. The first-order chi connectivity index (χ1) is 10.6. The predicted octanol–water partition coefficient (Wildman–Crippen LogP) is 3.21. The van der Waals surface area contributed by atoms with Crippen molar-refractivity contribution >= 4 is 5.91 Å². The van der Waals surface area contributed by atoms with E-state index in [1.54, 1.807) is 0 Å². The van der Waals surface area contributed by atoms with E-state index >= 15 is 0 Å². The van der Waals surface area contributed by atoms with E-state index in [-0.39, 0.29) is 11.9 Å². The molecular formula is C19H24N2O. The summed E-state index contributed by atoms with van der Waals surface area (Å²) in [5.74, 6) is 0.336. The fourth-order valence-electron chi connectivity index (χ4n) is 2.57. The van der Waals surface area contributed by atoms with Crippen molar-refractivity contribution < 1.29 is 4.79 Å². The molecule has 2 aromatic carbocycles. The standard InChI is InChI=1S/C19H24N2O/c1-15(16-10-6-4-7-11-16)14-20-19(22)18(21(2)3)17-12-8-5-9-13-17/h4-13,15,18H,14H2,1-3H3,(H,20,22)/t15-,18+/m1/s1. The number of amides is 1. The lowest BCUT2D eigenvalue weighted by Crippen LogP contribution is -2.38. The summed E-state index contributed by atoms with van der Waals surface area (Å²) >= 11 is 0. The Balaban J connectivity index is 2.00. The topological polar surface area (TPSA) is 32.3 Å². The number of carbonyl (C=O) groups is 1. The summed E-state index contributed by atoms with van der Waals surface area (Å²) in [4.78, 5) is 14.5. The Kier molecular flexibility index (Phi) is 5.73. The molecule has 2 rings (SSSR count). The van der Waals surface area contributed by atoms with Gasteiger partial charge in [-0.15, -0.1) is 0 Å². The van der Waals surface area contributed by atoms with Gasteiger partial charge in [-0.25, -0.2) is 0 Å². The molecule has 0 radical (unpaired) electrons. The lowest BCUT2D eigenvalue weighted by Gasteiger charge is -2.24. The minimum Gasteiger partial charge on any atom is -0.354 e. The zero-order valence-corrected chi connectivity index (χ0v) is 13.5. The quantitative estimate of drug-likeness (QED) is 0.888. The van der Waals surface area contributed by atoms with Crippen molar-refractivity contribution in [2.24, 2.45) is 0 Å². The van der Waals surface area contributed by atoms with Gasteiger partial charge >= 0.3 is 0 Å². The fourth-order valence-corrected chi connectivity index (χ4v) is 2.57. The minimum absolute atomic E-state index is 0.0407. The molecule has 0 aromatic heterocycles. The monoisotopic (exact) mass is 296 g/mol. The van der Waals surface area contributed by atoms with Gasteiger partial charge in [0.25, 0.3) is 0 Å². The fraction of sp³-hybridized carbons (Fsp3) is 0.316. The molecule has 0 aliphatic heterocycles. The molecule has 3 heteroatoms. The van der Waals surface area contributed by atoms with Crippen molar-refractivity contribution in [2.45, 2.75) is 18.9 Å². The van der Waals surface area contributed by atoms with Crippen molar-refractivity contribution in [1.29, 1.82) is 0 Å². The molecule has 0 unspecified atom stereocenters. The first-order valence-corrected chi connectivity index (χ1v) is 7.63. The summed E-state index contributed by atoms with van der Waals surface area (Å²) in [7, 11) is 3.86. The van der Waals surface area contributed by atoms with Gasteiger partial charge in [0.05, 0.1) is 0 Å². The van der Waals surface area contributed by atoms with E-state index in [1.807, 2.05) is 67.5 Å². The van der Waals surface area contributed by atoms with Crippen LogP contribution in [0.2, 0.25) is 0 Å². The lowest BCUT2D eigenvalue weighted by atomic mass is 10.0. The van der Waals surface area contributed by atoms with E-state index < -0.39 is 0 Å². The Labute approximate surface area is 133 Å². The van der Waals surface area contributed by atoms with Gasteiger partial charge in [-0.1, -0.05) is 67.6 Å². The summed E-state index contributed by atoms with van der Waals surface area (Å²) in [5.41, 5.74) is 2.25. The molecule has 1 N–H and O–H groups in total. The van der Waals surface area contributed by atoms with E-state index in [2.05, 4.69) is 24.4 Å². The number of carbonyl (C=O) groups excluding carboxylic acids is 1. The Morgan fingerprint density at radius 3 is 1.95 bits per heavy atom. The van der Waals surface area contributed by atoms with Crippen molar-refractivity contribution in [1.82, 2.24) is 10.2 Å². The van der Waals surface area contributed by atoms with E-state index in [9.17, 15) is 4.79 Å². The third-order valence-electron chi connectivity index (χ3n) is 3.83. The highest BCUT2D eigenvalue weighted by molar-refractivity contribution is 5.83. The van der Waals surface area contributed by atoms with Crippen LogP contribution in [0.5, 0.6) is 0 Å². The van der Waals surface area contributed by atoms with Gasteiger partial charge in [-0.2, -0.15) is 0 Å². The molecule has 3 nitrogen and oxygen atoms in total. The van der Waals surface area contributed by atoms with Gasteiger partial charge in [0.1, 0.15) is 6.04 Å². The van der Waals surface area contributed by atoms with Gasteiger partial charge in [-0.3, -0.25) is 9.69 Å². The van der Waals surface area contributed by atoms with Crippen LogP contribution in [0.4, 0.5) is 0 Å². The number of hydrogen-bond donors (Lipinski definition) is 1. The van der Waals surface area contributed by atoms with E-state index in [0.717, 1.165) is 5.56 Å². The lowest BCUT2D eigenvalue weighted by molar-refractivity contribution is -0.125. The molecule has 0 aliphatic rings. The maximum absolute atomic E-state index is 12.6. The van der Waals surface area contributed by atoms with Crippen LogP contribution in [0.3, 0.4) is 0 Å². The molecule has 22 heavy (non-hydrogen) atoms. The summed E-state index contributed by atoms with van der Waals surface area (Å²) < 4.78 is 0. The van der Waals surface area contributed by atoms with Crippen molar-refractivity contribution in [3.05, 3.63) is 71.8 Å². The minimum atomic E-state index is -0.260. The maximum atomic E-state index is 12.6. The van der Waals surface area contributed by atoms with Crippen molar-refractivity contribution in [2.75, 3.05) is 20.6 Å². The van der Waals surface area contributed by atoms with Gasteiger partial charge in [0.2, 0.25) is 5.91 Å². The second-order valence-corrected chi connectivity index (χ2v) is 5.83. The Hall–Kier alpha value is -2.13. The summed E-state index contributed by atoms with van der Waals surface area (Å²) in [5, 5.41) is 3.08. The molecule has 0 saturated heterocycles. The van der Waals surface area contributed by atoms with Crippen LogP contribution in [0, 0.1) is 0 Å². The normalized spacial score (nSPS) is 13.6. The molecule has 0 fully saturated rings. The van der Waals surface area contributed by atoms with Crippen LogP contribution in [0.25, 0.3) is 0 Å². The molecule has 0 bridgehead atoms. The summed E-state index contributed by atoms with van der Waals surface area (Å²) in [6.07, 6.45) is 0. The average Bonchev–Trinajstić information content (AvgIpc) is 2.54. The molecule has 0 aliphatic carbocycles. The molecule has 2 atom stereocenters. The summed E-state index contributed by atoms with van der Waals surface area (Å²) in [6, 6.07) is 19.9. The highest BCUT2D eigenvalue weighted by Gasteiger charge is 2.22. The SMILES string of the molecule is C[C@H](CNC(=O)[C@H](c1ccccc1)N(C)C)c1ccccc1. The van der Waals surface area contributed by atoms with Gasteiger partial charge in [0, 0.05) is 6.54 Å². The first-order valence-electron chi connectivity index (χ1n) is 7.63. The largest absolute Gasteiger partial charge is 0.354 e. The molecule has 2 aromatic rings. The number of nitrogens with one attached hydrogen (secondary N) is 1. The highest BCUT2D eigenvalue weighted by atomic mass is 16.2. The van der Waals surface area contributed by atoms with Crippen molar-refractivity contribution in [3.8, 4) is 0 Å². The van der Waals surface area contributed by atoms with Crippen LogP contribution in [0.15, 0.2) is 60.7 Å². The average molecular weight is 296 g/mol. The highest BCUT2D eigenvalue weighted by Crippen LogP contribution is 2.19. The molecule has 0 saturated carbocycles. The number of hydrogen-bond acceptors (Lipinski definition) is 2. The third-order valence-corrected chi connectivity index (χ3v) is 3.83. The summed E-state index contributed by atoms with van der Waals surface area (Å²) in [6.45, 7) is 2.77. The Morgan fingerprint density at radius 2 is 1.45 bits per heavy atom. The Bertz CT molecular complexity index is 581. The molecule has 1 amide bonds. The number of rotatable bonds is 6. The zero-order valence-electron chi connectivity index (χ0n) is 13.5. The van der Waals surface area contributed by atoms with E-state index in [1.165, 1.54) is 5.56 Å². The van der Waals surface area contributed by atoms with Crippen LogP contribution in [0.1, 0.15) is 30.0 Å². The number of likely N-dealkylation sites (N-methyl/N-ethyl adjacent to an activating group) is 1. The second-order valence-electron chi connectivity index (χ2n) is 5.83. The molecule has 0 heterocycles. The third kappa shape index (κ3) is 4.18. The number of benzene rings is 2. The van der Waals surface area contributed by atoms with Crippen LogP contribution >= 0.6 is 0 Å². The van der Waals surface area contributed by atoms with Crippen molar-refractivity contribution in [3.63, 3.8) is 0 Å². The predicted molar refractivity (Wildman–Crippen MR) is 90.7 cm³/mol. The Morgan fingerprint density at radius 1 is 0.955 bits per heavy atom. The molecule has 0 spiro atoms. The van der Waals surface area contributed by atoms with Gasteiger partial charge in [-0.05, 0) is 31.1 Å². The van der Waals surface area contributed by atoms with E-state index in [4.69, 9.17) is 0 Å². The van der Waals surface area contributed by atoms with E-state index in [0.29, 0.717) is 12.5 Å². The molecule has 116 valence electrons. The second kappa shape index (κ2) is 7.76. The van der Waals surface area contributed by atoms with Gasteiger partial charge in [0.15, 0.2) is 0 Å². The maximum Gasteiger partial charge on any atom is 0.241 e.